The summed E-state index contributed by atoms with van der Waals surface area (Å²) in [5.74, 6) is -0.469. The smallest absolute Gasteiger partial charge is 0.255 e. The molecule has 1 aliphatic heterocycles. The Labute approximate surface area is 123 Å². The Morgan fingerprint density at radius 1 is 1.19 bits per heavy atom. The Bertz CT molecular complexity index is 697. The van der Waals surface area contributed by atoms with Crippen molar-refractivity contribution in [2.45, 2.75) is 19.9 Å². The molecule has 1 aliphatic rings. The standard InChI is InChI=1S/C17H17FN2O/c1-11-8-15(18)4-5-16(11)20-17(21)13-3-2-12-6-7-19-10-14(12)9-13/h2-5,8-9,19H,6-7,10H2,1H3,(H,20,21). The summed E-state index contributed by atoms with van der Waals surface area (Å²) in [6.07, 6.45) is 0.994. The van der Waals surface area contributed by atoms with E-state index < -0.39 is 0 Å². The zero-order valence-corrected chi connectivity index (χ0v) is 11.9. The van der Waals surface area contributed by atoms with Crippen LogP contribution >= 0.6 is 0 Å². The van der Waals surface area contributed by atoms with Gasteiger partial charge in [0.1, 0.15) is 5.82 Å². The lowest BCUT2D eigenvalue weighted by Gasteiger charge is -2.18. The van der Waals surface area contributed by atoms with Gasteiger partial charge in [-0.3, -0.25) is 4.79 Å². The summed E-state index contributed by atoms with van der Waals surface area (Å²) < 4.78 is 13.1. The summed E-state index contributed by atoms with van der Waals surface area (Å²) in [5, 5.41) is 6.13. The molecule has 0 aliphatic carbocycles. The number of nitrogens with one attached hydrogen (secondary N) is 2. The number of hydrogen-bond acceptors (Lipinski definition) is 2. The van der Waals surface area contributed by atoms with Crippen LogP contribution in [0.5, 0.6) is 0 Å². The highest BCUT2D eigenvalue weighted by molar-refractivity contribution is 6.04. The molecule has 0 aromatic heterocycles. The van der Waals surface area contributed by atoms with Crippen LogP contribution in [0.25, 0.3) is 0 Å². The molecule has 1 amide bonds. The lowest BCUT2D eigenvalue weighted by molar-refractivity contribution is 0.102. The van der Waals surface area contributed by atoms with Gasteiger partial charge in [0.05, 0.1) is 0 Å². The molecule has 3 nitrogen and oxygen atoms in total. The van der Waals surface area contributed by atoms with Gasteiger partial charge in [-0.05, 0) is 66.9 Å². The predicted molar refractivity (Wildman–Crippen MR) is 80.9 cm³/mol. The van der Waals surface area contributed by atoms with Gasteiger partial charge in [-0.15, -0.1) is 0 Å². The van der Waals surface area contributed by atoms with Crippen molar-refractivity contribution in [3.05, 3.63) is 64.5 Å². The van der Waals surface area contributed by atoms with Crippen molar-refractivity contribution < 1.29 is 9.18 Å². The molecule has 3 rings (SSSR count). The van der Waals surface area contributed by atoms with Gasteiger partial charge in [0.25, 0.3) is 5.91 Å². The third-order valence-corrected chi connectivity index (χ3v) is 3.79. The van der Waals surface area contributed by atoms with Gasteiger partial charge in [0.15, 0.2) is 0 Å². The number of carbonyl (C=O) groups is 1. The Morgan fingerprint density at radius 2 is 2.05 bits per heavy atom. The molecular weight excluding hydrogens is 267 g/mol. The maximum atomic E-state index is 13.1. The summed E-state index contributed by atoms with van der Waals surface area (Å²) in [5.41, 5.74) is 4.44. The van der Waals surface area contributed by atoms with Crippen molar-refractivity contribution in [1.29, 1.82) is 0 Å². The van der Waals surface area contributed by atoms with E-state index in [1.54, 1.807) is 13.0 Å². The van der Waals surface area contributed by atoms with E-state index in [-0.39, 0.29) is 11.7 Å². The van der Waals surface area contributed by atoms with E-state index in [1.807, 2.05) is 18.2 Å². The first-order valence-electron chi connectivity index (χ1n) is 7.03. The fourth-order valence-corrected chi connectivity index (χ4v) is 2.58. The minimum Gasteiger partial charge on any atom is -0.322 e. The average molecular weight is 284 g/mol. The molecule has 2 N–H and O–H groups in total. The number of rotatable bonds is 2. The second kappa shape index (κ2) is 5.66. The van der Waals surface area contributed by atoms with E-state index in [4.69, 9.17) is 0 Å². The summed E-state index contributed by atoms with van der Waals surface area (Å²) >= 11 is 0. The fourth-order valence-electron chi connectivity index (χ4n) is 2.58. The fraction of sp³-hybridized carbons (Fsp3) is 0.235. The zero-order valence-electron chi connectivity index (χ0n) is 11.9. The molecule has 2 aromatic rings. The number of benzene rings is 2. The maximum Gasteiger partial charge on any atom is 0.255 e. The molecule has 4 heteroatoms. The predicted octanol–water partition coefficient (Wildman–Crippen LogP) is 3.03. The minimum absolute atomic E-state index is 0.168. The molecule has 0 spiro atoms. The monoisotopic (exact) mass is 284 g/mol. The highest BCUT2D eigenvalue weighted by Gasteiger charge is 2.13. The van der Waals surface area contributed by atoms with E-state index >= 15 is 0 Å². The van der Waals surface area contributed by atoms with E-state index in [0.29, 0.717) is 16.8 Å². The van der Waals surface area contributed by atoms with Crippen LogP contribution in [0, 0.1) is 12.7 Å². The molecule has 108 valence electrons. The van der Waals surface area contributed by atoms with Gasteiger partial charge < -0.3 is 10.6 Å². The third-order valence-electron chi connectivity index (χ3n) is 3.79. The third kappa shape index (κ3) is 2.95. The molecular formula is C17H17FN2O. The number of aryl methyl sites for hydroxylation is 1. The second-order valence-corrected chi connectivity index (χ2v) is 5.32. The van der Waals surface area contributed by atoms with Crippen molar-refractivity contribution >= 4 is 11.6 Å². The van der Waals surface area contributed by atoms with Crippen LogP contribution in [0.4, 0.5) is 10.1 Å². The molecule has 0 atom stereocenters. The zero-order chi connectivity index (χ0) is 14.8. The van der Waals surface area contributed by atoms with Crippen molar-refractivity contribution in [1.82, 2.24) is 5.32 Å². The first-order chi connectivity index (χ1) is 10.1. The highest BCUT2D eigenvalue weighted by atomic mass is 19.1. The van der Waals surface area contributed by atoms with Crippen LogP contribution in [0.1, 0.15) is 27.0 Å². The molecule has 0 unspecified atom stereocenters. The molecule has 2 aromatic carbocycles. The number of anilines is 1. The summed E-state index contributed by atoms with van der Waals surface area (Å²) in [4.78, 5) is 12.3. The van der Waals surface area contributed by atoms with Crippen molar-refractivity contribution in [2.24, 2.45) is 0 Å². The van der Waals surface area contributed by atoms with Gasteiger partial charge in [-0.2, -0.15) is 0 Å². The van der Waals surface area contributed by atoms with E-state index in [1.165, 1.54) is 23.3 Å². The molecule has 21 heavy (non-hydrogen) atoms. The Morgan fingerprint density at radius 3 is 2.86 bits per heavy atom. The number of carbonyl (C=O) groups excluding carboxylic acids is 1. The van der Waals surface area contributed by atoms with Crippen molar-refractivity contribution in [3.63, 3.8) is 0 Å². The molecule has 0 bridgehead atoms. The van der Waals surface area contributed by atoms with Gasteiger partial charge in [0.2, 0.25) is 0 Å². The summed E-state index contributed by atoms with van der Waals surface area (Å²) in [7, 11) is 0. The lowest BCUT2D eigenvalue weighted by atomic mass is 9.98. The largest absolute Gasteiger partial charge is 0.322 e. The van der Waals surface area contributed by atoms with Crippen LogP contribution in [0.15, 0.2) is 36.4 Å². The lowest BCUT2D eigenvalue weighted by Crippen LogP contribution is -2.24. The van der Waals surface area contributed by atoms with Gasteiger partial charge >= 0.3 is 0 Å². The first-order valence-corrected chi connectivity index (χ1v) is 7.03. The normalized spacial score (nSPS) is 13.6. The minimum atomic E-state index is -0.301. The van der Waals surface area contributed by atoms with E-state index in [2.05, 4.69) is 10.6 Å². The Hall–Kier alpha value is -2.20. The van der Waals surface area contributed by atoms with Crippen molar-refractivity contribution in [3.8, 4) is 0 Å². The average Bonchev–Trinajstić information content (AvgIpc) is 2.49. The second-order valence-electron chi connectivity index (χ2n) is 5.32. The van der Waals surface area contributed by atoms with Crippen LogP contribution in [0.3, 0.4) is 0 Å². The molecule has 1 heterocycles. The first kappa shape index (κ1) is 13.8. The number of hydrogen-bond donors (Lipinski definition) is 2. The Kier molecular flexibility index (Phi) is 3.71. The quantitative estimate of drug-likeness (QED) is 0.890. The van der Waals surface area contributed by atoms with Crippen LogP contribution in [0.2, 0.25) is 0 Å². The number of halogens is 1. The molecule has 0 saturated heterocycles. The van der Waals surface area contributed by atoms with Gasteiger partial charge in [-0.1, -0.05) is 6.07 Å². The molecule has 0 saturated carbocycles. The van der Waals surface area contributed by atoms with Gasteiger partial charge in [0, 0.05) is 17.8 Å². The van der Waals surface area contributed by atoms with Crippen LogP contribution in [-0.4, -0.2) is 12.5 Å². The van der Waals surface area contributed by atoms with Crippen molar-refractivity contribution in [2.75, 3.05) is 11.9 Å². The van der Waals surface area contributed by atoms with E-state index in [0.717, 1.165) is 19.5 Å². The highest BCUT2D eigenvalue weighted by Crippen LogP contribution is 2.19. The van der Waals surface area contributed by atoms with E-state index in [9.17, 15) is 9.18 Å². The SMILES string of the molecule is Cc1cc(F)ccc1NC(=O)c1ccc2c(c1)CNCC2. The summed E-state index contributed by atoms with van der Waals surface area (Å²) in [6.45, 7) is 3.55. The molecule has 0 fully saturated rings. The maximum absolute atomic E-state index is 13.1. The van der Waals surface area contributed by atoms with Crippen LogP contribution in [-0.2, 0) is 13.0 Å². The Balaban J connectivity index is 1.82. The number of amides is 1. The summed E-state index contributed by atoms with van der Waals surface area (Å²) in [6, 6.07) is 10.1. The van der Waals surface area contributed by atoms with Gasteiger partial charge in [-0.25, -0.2) is 4.39 Å². The number of fused-ring (bicyclic) bond motifs is 1. The topological polar surface area (TPSA) is 41.1 Å². The van der Waals surface area contributed by atoms with Crippen LogP contribution < -0.4 is 10.6 Å². The molecule has 0 radical (unpaired) electrons.